The molecule has 1 aliphatic rings. The van der Waals surface area contributed by atoms with Crippen LogP contribution in [0.4, 0.5) is 0 Å². The first-order valence-corrected chi connectivity index (χ1v) is 5.91. The quantitative estimate of drug-likeness (QED) is 0.796. The molecule has 3 unspecified atom stereocenters. The number of hydrogen-bond donors (Lipinski definition) is 1. The van der Waals surface area contributed by atoms with Gasteiger partial charge in [0, 0.05) is 6.04 Å². The molecule has 1 aliphatic carbocycles. The molecule has 0 aromatic carbocycles. The van der Waals surface area contributed by atoms with Crippen molar-refractivity contribution in [2.75, 3.05) is 0 Å². The number of carbonyl (C=O) groups is 1. The van der Waals surface area contributed by atoms with Crippen molar-refractivity contribution >= 4 is 17.2 Å². The third kappa shape index (κ3) is 1.69. The highest BCUT2D eigenvalue weighted by molar-refractivity contribution is 7.12. The van der Waals surface area contributed by atoms with Crippen LogP contribution in [0.1, 0.15) is 29.9 Å². The fourth-order valence-electron chi connectivity index (χ4n) is 1.87. The zero-order chi connectivity index (χ0) is 10.1. The lowest BCUT2D eigenvalue weighted by Gasteiger charge is -2.41. The summed E-state index contributed by atoms with van der Waals surface area (Å²) in [5.74, 6) is 1.46. The molecule has 1 heterocycles. The van der Waals surface area contributed by atoms with Gasteiger partial charge in [0.05, 0.1) is 4.88 Å². The average Bonchev–Trinajstić information content (AvgIpc) is 2.69. The van der Waals surface area contributed by atoms with Gasteiger partial charge >= 0.3 is 0 Å². The van der Waals surface area contributed by atoms with Gasteiger partial charge in [0.15, 0.2) is 0 Å². The first-order chi connectivity index (χ1) is 6.68. The molecule has 2 rings (SSSR count). The van der Waals surface area contributed by atoms with Gasteiger partial charge in [-0.05, 0) is 29.7 Å². The first-order valence-electron chi connectivity index (χ1n) is 5.03. The predicted molar refractivity (Wildman–Crippen MR) is 58.5 cm³/mol. The van der Waals surface area contributed by atoms with E-state index in [4.69, 9.17) is 0 Å². The maximum Gasteiger partial charge on any atom is 0.261 e. The van der Waals surface area contributed by atoms with Gasteiger partial charge in [-0.1, -0.05) is 19.9 Å². The molecule has 0 radical (unpaired) electrons. The number of thiophene rings is 1. The van der Waals surface area contributed by atoms with E-state index in [0.717, 1.165) is 17.2 Å². The Morgan fingerprint density at radius 2 is 2.36 bits per heavy atom. The van der Waals surface area contributed by atoms with Gasteiger partial charge in [0.2, 0.25) is 0 Å². The molecule has 3 heteroatoms. The Bertz CT molecular complexity index is 320. The Balaban J connectivity index is 1.90. The van der Waals surface area contributed by atoms with Crippen LogP contribution >= 0.6 is 11.3 Å². The van der Waals surface area contributed by atoms with E-state index in [1.165, 1.54) is 11.3 Å². The Hall–Kier alpha value is -0.830. The van der Waals surface area contributed by atoms with Crippen LogP contribution in [0.2, 0.25) is 0 Å². The minimum Gasteiger partial charge on any atom is -0.348 e. The van der Waals surface area contributed by atoms with Crippen LogP contribution in [0, 0.1) is 11.8 Å². The second kappa shape index (κ2) is 3.73. The van der Waals surface area contributed by atoms with Crippen molar-refractivity contribution < 1.29 is 4.79 Å². The lowest BCUT2D eigenvalue weighted by atomic mass is 9.71. The molecule has 1 amide bonds. The van der Waals surface area contributed by atoms with Crippen molar-refractivity contribution in [3.05, 3.63) is 22.4 Å². The molecular formula is C11H15NOS. The SMILES string of the molecule is CC1CC(NC(=O)c2cccs2)C1C. The van der Waals surface area contributed by atoms with Crippen molar-refractivity contribution in [1.29, 1.82) is 0 Å². The molecule has 2 nitrogen and oxygen atoms in total. The van der Waals surface area contributed by atoms with E-state index in [2.05, 4.69) is 19.2 Å². The molecule has 1 aromatic heterocycles. The van der Waals surface area contributed by atoms with Crippen molar-refractivity contribution in [2.45, 2.75) is 26.3 Å². The highest BCUT2D eigenvalue weighted by Crippen LogP contribution is 2.33. The number of hydrogen-bond acceptors (Lipinski definition) is 2. The summed E-state index contributed by atoms with van der Waals surface area (Å²) in [6.45, 7) is 4.44. The van der Waals surface area contributed by atoms with Crippen LogP contribution in [0.25, 0.3) is 0 Å². The summed E-state index contributed by atoms with van der Waals surface area (Å²) in [5, 5.41) is 5.00. The largest absolute Gasteiger partial charge is 0.348 e. The molecule has 1 aromatic rings. The Kier molecular flexibility index (Phi) is 2.59. The van der Waals surface area contributed by atoms with Gasteiger partial charge in [-0.3, -0.25) is 4.79 Å². The van der Waals surface area contributed by atoms with E-state index in [9.17, 15) is 4.79 Å². The van der Waals surface area contributed by atoms with Crippen LogP contribution in [0.5, 0.6) is 0 Å². The Morgan fingerprint density at radius 3 is 2.86 bits per heavy atom. The number of amides is 1. The molecule has 3 atom stereocenters. The summed E-state index contributed by atoms with van der Waals surface area (Å²) in [5.41, 5.74) is 0. The van der Waals surface area contributed by atoms with Gasteiger partial charge in [-0.15, -0.1) is 11.3 Å². The molecule has 1 saturated carbocycles. The summed E-state index contributed by atoms with van der Waals surface area (Å²) < 4.78 is 0. The lowest BCUT2D eigenvalue weighted by molar-refractivity contribution is 0.0811. The molecule has 76 valence electrons. The minimum atomic E-state index is 0.0868. The van der Waals surface area contributed by atoms with Crippen molar-refractivity contribution in [3.8, 4) is 0 Å². The molecule has 0 aliphatic heterocycles. The second-order valence-corrected chi connectivity index (χ2v) is 5.08. The van der Waals surface area contributed by atoms with E-state index in [1.54, 1.807) is 0 Å². The summed E-state index contributed by atoms with van der Waals surface area (Å²) in [7, 11) is 0. The van der Waals surface area contributed by atoms with E-state index in [0.29, 0.717) is 12.0 Å². The zero-order valence-electron chi connectivity index (χ0n) is 8.49. The van der Waals surface area contributed by atoms with E-state index in [-0.39, 0.29) is 5.91 Å². The fourth-order valence-corrected chi connectivity index (χ4v) is 2.50. The summed E-state index contributed by atoms with van der Waals surface area (Å²) >= 11 is 1.50. The topological polar surface area (TPSA) is 29.1 Å². The normalized spacial score (nSPS) is 30.9. The van der Waals surface area contributed by atoms with Crippen molar-refractivity contribution in [2.24, 2.45) is 11.8 Å². The Labute approximate surface area is 88.3 Å². The highest BCUT2D eigenvalue weighted by Gasteiger charge is 2.35. The van der Waals surface area contributed by atoms with Crippen LogP contribution < -0.4 is 5.32 Å². The lowest BCUT2D eigenvalue weighted by Crippen LogP contribution is -2.50. The summed E-state index contributed by atoms with van der Waals surface area (Å²) in [6.07, 6.45) is 1.12. The molecule has 1 N–H and O–H groups in total. The highest BCUT2D eigenvalue weighted by atomic mass is 32.1. The monoisotopic (exact) mass is 209 g/mol. The summed E-state index contributed by atoms with van der Waals surface area (Å²) in [6, 6.07) is 4.17. The van der Waals surface area contributed by atoms with Gasteiger partial charge in [-0.2, -0.15) is 0 Å². The smallest absolute Gasteiger partial charge is 0.261 e. The second-order valence-electron chi connectivity index (χ2n) is 4.13. The third-order valence-electron chi connectivity index (χ3n) is 3.22. The maximum atomic E-state index is 11.7. The molecule has 1 fully saturated rings. The van der Waals surface area contributed by atoms with Crippen LogP contribution in [-0.4, -0.2) is 11.9 Å². The van der Waals surface area contributed by atoms with E-state index < -0.39 is 0 Å². The minimum absolute atomic E-state index is 0.0868. The molecular weight excluding hydrogens is 194 g/mol. The standard InChI is InChI=1S/C11H15NOS/c1-7-6-9(8(7)2)12-11(13)10-4-3-5-14-10/h3-5,7-9H,6H2,1-2H3,(H,12,13). The van der Waals surface area contributed by atoms with Crippen LogP contribution in [0.15, 0.2) is 17.5 Å². The molecule has 0 spiro atoms. The number of nitrogens with one attached hydrogen (secondary N) is 1. The molecule has 0 saturated heterocycles. The number of rotatable bonds is 2. The maximum absolute atomic E-state index is 11.7. The van der Waals surface area contributed by atoms with Gasteiger partial charge in [-0.25, -0.2) is 0 Å². The average molecular weight is 209 g/mol. The van der Waals surface area contributed by atoms with Gasteiger partial charge < -0.3 is 5.32 Å². The zero-order valence-corrected chi connectivity index (χ0v) is 9.30. The van der Waals surface area contributed by atoms with Gasteiger partial charge in [0.1, 0.15) is 0 Å². The predicted octanol–water partition coefficient (Wildman–Crippen LogP) is 2.52. The van der Waals surface area contributed by atoms with E-state index in [1.807, 2.05) is 17.5 Å². The third-order valence-corrected chi connectivity index (χ3v) is 4.09. The van der Waals surface area contributed by atoms with Crippen molar-refractivity contribution in [1.82, 2.24) is 5.32 Å². The number of carbonyl (C=O) groups excluding carboxylic acids is 1. The van der Waals surface area contributed by atoms with Crippen molar-refractivity contribution in [3.63, 3.8) is 0 Å². The summed E-state index contributed by atoms with van der Waals surface area (Å²) in [4.78, 5) is 12.5. The van der Waals surface area contributed by atoms with E-state index >= 15 is 0 Å². The Morgan fingerprint density at radius 1 is 1.57 bits per heavy atom. The molecule has 14 heavy (non-hydrogen) atoms. The fraction of sp³-hybridized carbons (Fsp3) is 0.545. The first kappa shape index (κ1) is 9.71. The van der Waals surface area contributed by atoms with Crippen LogP contribution in [0.3, 0.4) is 0 Å². The van der Waals surface area contributed by atoms with Gasteiger partial charge in [0.25, 0.3) is 5.91 Å². The van der Waals surface area contributed by atoms with Crippen LogP contribution in [-0.2, 0) is 0 Å². The molecule has 0 bridgehead atoms.